The minimum absolute atomic E-state index is 0.586. The normalized spacial score (nSPS) is 6.25. The number of alkyl halides is 1. The monoisotopic (exact) mass is 142 g/mol. The van der Waals surface area contributed by atoms with E-state index in [0.717, 1.165) is 0 Å². The molecular weight excluding hydrogens is 140 g/mol. The molecule has 0 aliphatic carbocycles. The fourth-order valence-corrected chi connectivity index (χ4v) is 0. The Morgan fingerprint density at radius 2 is 2.25 bits per heavy atom. The van der Waals surface area contributed by atoms with E-state index in [2.05, 4.69) is 0 Å². The van der Waals surface area contributed by atoms with Crippen molar-refractivity contribution < 1.29 is 27.4 Å². The van der Waals surface area contributed by atoms with Crippen LogP contribution in [0.15, 0.2) is 0 Å². The van der Waals surface area contributed by atoms with Gasteiger partial charge in [-0.2, -0.15) is 0 Å². The maximum absolute atomic E-state index is 10.5. The van der Waals surface area contributed by atoms with Gasteiger partial charge in [-0.05, 0) is 0 Å². The van der Waals surface area contributed by atoms with Crippen molar-refractivity contribution in [3.63, 3.8) is 0 Å². The number of halogens is 1. The van der Waals surface area contributed by atoms with Crippen LogP contribution in [0.1, 0.15) is 0 Å². The molecule has 0 N–H and O–H groups in total. The Balaban J connectivity index is 2.30. The fraction of sp³-hybridized carbons (Fsp3) is 1.00. The molecule has 0 aliphatic rings. The third kappa shape index (κ3) is 2.47. The molecule has 0 spiro atoms. The van der Waals surface area contributed by atoms with E-state index in [1.54, 1.807) is 0 Å². The fourth-order valence-electron chi connectivity index (χ4n) is 0. The van der Waals surface area contributed by atoms with Gasteiger partial charge in [0.15, 0.2) is 0 Å². The van der Waals surface area contributed by atoms with Crippen molar-refractivity contribution in [2.45, 2.75) is 0 Å². The summed E-state index contributed by atoms with van der Waals surface area (Å²) in [6.07, 6.45) is 0. The van der Waals surface area contributed by atoms with Crippen molar-refractivity contribution in [3.8, 4) is 0 Å². The van der Waals surface area contributed by atoms with E-state index in [1.165, 1.54) is 0 Å². The molecule has 0 heterocycles. The average Bonchev–Trinajstić information content (AvgIpc) is 1.37. The molecule has 0 rings (SSSR count). The van der Waals surface area contributed by atoms with Gasteiger partial charge < -0.3 is 0 Å². The van der Waals surface area contributed by atoms with Crippen LogP contribution in [0.25, 0.3) is 0 Å². The summed E-state index contributed by atoms with van der Waals surface area (Å²) in [5.74, 6) is 0. The number of rotatable bonds is 1. The summed E-state index contributed by atoms with van der Waals surface area (Å²) in [6, 6.07) is 0. The first-order chi connectivity index (χ1) is 1.91. The second-order valence-corrected chi connectivity index (χ2v) is 1.47. The van der Waals surface area contributed by atoms with E-state index in [-0.39, 0.29) is 0 Å². The zero-order chi connectivity index (χ0) is 3.41. The molecule has 1 nitrogen and oxygen atoms in total. The summed E-state index contributed by atoms with van der Waals surface area (Å²) in [5.41, 5.74) is 0. The minimum atomic E-state index is -1.56. The summed E-state index contributed by atoms with van der Waals surface area (Å²) in [4.78, 5) is -0.586. The van der Waals surface area contributed by atoms with Gasteiger partial charge in [0, 0.05) is 0 Å². The van der Waals surface area contributed by atoms with Crippen molar-refractivity contribution in [3.05, 3.63) is 0 Å². The molecule has 3 heteroatoms. The van der Waals surface area contributed by atoms with Crippen molar-refractivity contribution in [1.82, 2.24) is 0 Å². The predicted octanol–water partition coefficient (Wildman–Crippen LogP) is 0.341. The van der Waals surface area contributed by atoms with Gasteiger partial charge in [0.25, 0.3) is 0 Å². The summed E-state index contributed by atoms with van der Waals surface area (Å²) in [5, 5.41) is 0. The molecule has 0 saturated heterocycles. The molecule has 0 atom stereocenters. The van der Waals surface area contributed by atoms with Crippen molar-refractivity contribution in [1.29, 1.82) is 0 Å². The molecular formula is CH2FNbO. The van der Waals surface area contributed by atoms with E-state index in [1.807, 2.05) is 0 Å². The molecule has 0 aliphatic heterocycles. The third-order valence-electron chi connectivity index (χ3n) is 0.0488. The van der Waals surface area contributed by atoms with Gasteiger partial charge in [-0.3, -0.25) is 0 Å². The van der Waals surface area contributed by atoms with Crippen LogP contribution in [0.4, 0.5) is 4.39 Å². The molecule has 0 radical (unpaired) electrons. The molecule has 0 amide bonds. The van der Waals surface area contributed by atoms with Gasteiger partial charge in [-0.1, -0.05) is 0 Å². The molecule has 0 aromatic heterocycles. The topological polar surface area (TPSA) is 17.1 Å². The summed E-state index contributed by atoms with van der Waals surface area (Å²) >= 11 is -1.56. The molecule has 0 saturated carbocycles. The molecule has 0 fully saturated rings. The van der Waals surface area contributed by atoms with Gasteiger partial charge in [-0.15, -0.1) is 0 Å². The van der Waals surface area contributed by atoms with Crippen molar-refractivity contribution >= 4 is 0 Å². The summed E-state index contributed by atoms with van der Waals surface area (Å²) in [7, 11) is 0. The van der Waals surface area contributed by atoms with Crippen LogP contribution in [-0.4, -0.2) is 4.89 Å². The van der Waals surface area contributed by atoms with Crippen LogP contribution in [0.5, 0.6) is 0 Å². The van der Waals surface area contributed by atoms with Gasteiger partial charge in [0.05, 0.1) is 0 Å². The number of hydrogen-bond acceptors (Lipinski definition) is 1. The van der Waals surface area contributed by atoms with E-state index in [0.29, 0.717) is 0 Å². The Labute approximate surface area is 32.9 Å². The van der Waals surface area contributed by atoms with E-state index < -0.39 is 24.6 Å². The van der Waals surface area contributed by atoms with Crippen LogP contribution in [0.2, 0.25) is 0 Å². The zero-order valence-corrected chi connectivity index (χ0v) is 4.14. The first kappa shape index (κ1) is 4.47. The second-order valence-electron chi connectivity index (χ2n) is 0.249. The van der Waals surface area contributed by atoms with Crippen LogP contribution in [0.3, 0.4) is 0 Å². The molecule has 0 unspecified atom stereocenters. The van der Waals surface area contributed by atoms with Crippen LogP contribution < -0.4 is 0 Å². The molecule has 4 heavy (non-hydrogen) atoms. The Bertz CT molecular complexity index is 22.0. The number of hydrogen-bond donors (Lipinski definition) is 0. The van der Waals surface area contributed by atoms with E-state index >= 15 is 0 Å². The molecule has 0 aromatic rings. The molecule has 24 valence electrons. The third-order valence-corrected chi connectivity index (χ3v) is 0.289. The summed E-state index contributed by atoms with van der Waals surface area (Å²) in [6.45, 7) is 0. The Hall–Kier alpha value is 0.470. The quantitative estimate of drug-likeness (QED) is 0.482. The molecule has 0 aromatic carbocycles. The van der Waals surface area contributed by atoms with Gasteiger partial charge in [-0.25, -0.2) is 0 Å². The Kier molecular flexibility index (Phi) is 3.88. The predicted molar refractivity (Wildman–Crippen MR) is 6.66 cm³/mol. The SMILES string of the molecule is [O]=[Nb][CH2]F. The average molecular weight is 142 g/mol. The Morgan fingerprint density at radius 1 is 2.00 bits per heavy atom. The molecule has 0 bridgehead atoms. The van der Waals surface area contributed by atoms with Crippen LogP contribution in [0, 0.1) is 0 Å². The first-order valence-corrected chi connectivity index (χ1v) is 3.22. The first-order valence-electron chi connectivity index (χ1n) is 0.766. The van der Waals surface area contributed by atoms with Crippen molar-refractivity contribution in [2.75, 3.05) is 4.89 Å². The van der Waals surface area contributed by atoms with Gasteiger partial charge in [0.2, 0.25) is 0 Å². The van der Waals surface area contributed by atoms with Crippen molar-refractivity contribution in [2.24, 2.45) is 0 Å². The second kappa shape index (κ2) is 3.47. The zero-order valence-electron chi connectivity index (χ0n) is 1.94. The standard InChI is InChI=1S/CH2F.Nb.O/c1-2;;/h1H2;;. The van der Waals surface area contributed by atoms with E-state index in [4.69, 9.17) is 3.25 Å². The maximum atomic E-state index is 10.5. The van der Waals surface area contributed by atoms with E-state index in [9.17, 15) is 4.39 Å². The van der Waals surface area contributed by atoms with Gasteiger partial charge in [0.1, 0.15) is 0 Å². The van der Waals surface area contributed by atoms with Crippen LogP contribution in [-0.2, 0) is 23.0 Å². The van der Waals surface area contributed by atoms with Crippen LogP contribution >= 0.6 is 0 Å². The summed E-state index contributed by atoms with van der Waals surface area (Å²) < 4.78 is 19.5. The van der Waals surface area contributed by atoms with Gasteiger partial charge >= 0.3 is 32.3 Å². The Morgan fingerprint density at radius 3 is 2.25 bits per heavy atom.